The fraction of sp³-hybridized carbons (Fsp3) is 0.729. The highest BCUT2D eigenvalue weighted by Crippen LogP contribution is 2.88. The number of para-hydroxylation sites is 1. The Kier molecular flexibility index (Phi) is 12.7. The van der Waals surface area contributed by atoms with E-state index in [1.165, 1.54) is 6.07 Å². The van der Waals surface area contributed by atoms with E-state index in [-0.39, 0.29) is 69.9 Å². The molecule has 0 radical (unpaired) electrons. The van der Waals surface area contributed by atoms with Gasteiger partial charge in [0, 0.05) is 50.9 Å². The number of carbonyl (C=O) groups excluding carboxylic acids is 5. The molecule has 3 N–H and O–H groups in total. The van der Waals surface area contributed by atoms with Crippen molar-refractivity contribution in [2.45, 2.75) is 148 Å². The van der Waals surface area contributed by atoms with Crippen molar-refractivity contribution in [2.75, 3.05) is 39.0 Å². The Labute approximate surface area is 369 Å². The van der Waals surface area contributed by atoms with Gasteiger partial charge >= 0.3 is 6.09 Å². The van der Waals surface area contributed by atoms with Crippen LogP contribution in [0, 0.1) is 44.8 Å². The van der Waals surface area contributed by atoms with Gasteiger partial charge in [0.25, 0.3) is 10.0 Å². The number of hydrogen-bond donors (Lipinski definition) is 3. The van der Waals surface area contributed by atoms with Crippen LogP contribution in [0.1, 0.15) is 125 Å². The van der Waals surface area contributed by atoms with Crippen molar-refractivity contribution in [1.29, 1.82) is 0 Å². The summed E-state index contributed by atoms with van der Waals surface area (Å²) in [4.78, 5) is 76.4. The summed E-state index contributed by atoms with van der Waals surface area (Å²) in [5, 5.41) is 5.85. The van der Waals surface area contributed by atoms with Crippen molar-refractivity contribution in [3.05, 3.63) is 36.9 Å². The molecule has 7 rings (SSSR count). The summed E-state index contributed by atoms with van der Waals surface area (Å²) in [6, 6.07) is 4.64. The molecule has 4 aliphatic carbocycles. The lowest BCUT2D eigenvalue weighted by molar-refractivity contribution is -0.146. The molecule has 1 aromatic rings. The number of likely N-dealkylation sites (tertiary alicyclic amines) is 2. The van der Waals surface area contributed by atoms with E-state index in [2.05, 4.69) is 40.7 Å². The number of alkyl carbamates (subject to hydrolysis) is 1. The third-order valence-corrected chi connectivity index (χ3v) is 18.3. The van der Waals surface area contributed by atoms with E-state index in [0.29, 0.717) is 18.7 Å². The predicted molar refractivity (Wildman–Crippen MR) is 237 cm³/mol. The summed E-state index contributed by atoms with van der Waals surface area (Å²) in [7, 11) is -0.662. The number of sulfonamides is 1. The van der Waals surface area contributed by atoms with Crippen molar-refractivity contribution in [3.63, 3.8) is 0 Å². The van der Waals surface area contributed by atoms with E-state index >= 15 is 4.79 Å². The highest BCUT2D eigenvalue weighted by molar-refractivity contribution is 7.90. The van der Waals surface area contributed by atoms with Crippen LogP contribution < -0.4 is 15.4 Å². The van der Waals surface area contributed by atoms with Gasteiger partial charge in [-0.3, -0.25) is 19.2 Å². The number of ether oxygens (including phenoxy) is 1. The molecule has 14 heteroatoms. The molecule has 0 bridgehead atoms. The van der Waals surface area contributed by atoms with Crippen molar-refractivity contribution >= 4 is 45.2 Å². The number of rotatable bonds is 15. The van der Waals surface area contributed by atoms with Crippen LogP contribution >= 0.6 is 0 Å². The molecule has 6 atom stereocenters. The topological polar surface area (TPSA) is 171 Å². The van der Waals surface area contributed by atoms with Gasteiger partial charge in [0.1, 0.15) is 11.0 Å². The number of anilines is 1. The first kappa shape index (κ1) is 46.2. The van der Waals surface area contributed by atoms with Crippen LogP contribution in [0.3, 0.4) is 0 Å². The summed E-state index contributed by atoms with van der Waals surface area (Å²) in [5.41, 5.74) is -2.12. The third-order valence-electron chi connectivity index (χ3n) is 16.9. The Hall–Kier alpha value is -3.78. The fourth-order valence-electron chi connectivity index (χ4n) is 12.6. The number of benzene rings is 1. The number of nitrogens with one attached hydrogen (secondary N) is 3. The first-order valence-corrected chi connectivity index (χ1v) is 24.6. The number of allylic oxidation sites excluding steroid dienone is 1. The zero-order chi connectivity index (χ0) is 45.0. The molecule has 13 nitrogen and oxygen atoms in total. The summed E-state index contributed by atoms with van der Waals surface area (Å²) in [6.45, 7) is 16.3. The molecule has 0 unspecified atom stereocenters. The Morgan fingerprint density at radius 1 is 0.952 bits per heavy atom. The van der Waals surface area contributed by atoms with Gasteiger partial charge in [-0.15, -0.1) is 6.58 Å². The third kappa shape index (κ3) is 8.13. The molecule has 2 saturated heterocycles. The van der Waals surface area contributed by atoms with Crippen LogP contribution in [0.2, 0.25) is 0 Å². The quantitative estimate of drug-likeness (QED) is 0.158. The minimum atomic E-state index is -4.30. The first-order valence-electron chi connectivity index (χ1n) is 23.2. The summed E-state index contributed by atoms with van der Waals surface area (Å²) in [6.07, 6.45) is 10.3. The molecule has 2 aliphatic heterocycles. The molecule has 0 aromatic heterocycles. The second kappa shape index (κ2) is 17.0. The molecule has 2 spiro atoms. The van der Waals surface area contributed by atoms with E-state index in [4.69, 9.17) is 4.74 Å². The van der Waals surface area contributed by atoms with E-state index < -0.39 is 56.8 Å². The Bertz CT molecular complexity index is 2050. The lowest BCUT2D eigenvalue weighted by Crippen LogP contribution is -2.51. The highest BCUT2D eigenvalue weighted by Gasteiger charge is 2.85. The van der Waals surface area contributed by atoms with E-state index in [1.807, 2.05) is 27.8 Å². The molecule has 1 aromatic carbocycles. The summed E-state index contributed by atoms with van der Waals surface area (Å²) >= 11 is 0. The van der Waals surface area contributed by atoms with Crippen LogP contribution in [0.15, 0.2) is 41.8 Å². The first-order chi connectivity index (χ1) is 29.2. The molecular formula is C48H71N5O8S. The molecule has 6 fully saturated rings. The maximum absolute atomic E-state index is 15.4. The number of Topliss-reactive ketones (excluding diaryl/α,β-unsaturated/α-hetero) is 2. The maximum atomic E-state index is 15.4. The average Bonchev–Trinajstić information content (AvgIpc) is 3.94. The van der Waals surface area contributed by atoms with Gasteiger partial charge < -0.3 is 25.2 Å². The number of nitrogens with zero attached hydrogens (tertiary/aromatic N) is 2. The fourth-order valence-corrected chi connectivity index (χ4v) is 13.8. The van der Waals surface area contributed by atoms with Gasteiger partial charge in [-0.2, -0.15) is 0 Å². The molecule has 342 valence electrons. The smallest absolute Gasteiger partial charge is 0.408 e. The normalized spacial score (nSPS) is 29.2. The average molecular weight is 878 g/mol. The minimum Gasteiger partial charge on any atom is -0.446 e. The number of carbonyl (C=O) groups is 5. The molecule has 4 saturated carbocycles. The number of fused-ring (bicyclic) bond motifs is 1. The van der Waals surface area contributed by atoms with Gasteiger partial charge in [0.15, 0.2) is 11.6 Å². The van der Waals surface area contributed by atoms with Crippen LogP contribution in [0.5, 0.6) is 0 Å². The van der Waals surface area contributed by atoms with Gasteiger partial charge in [-0.05, 0) is 98.6 Å². The van der Waals surface area contributed by atoms with Gasteiger partial charge in [0.05, 0.1) is 23.2 Å². The minimum absolute atomic E-state index is 0.00219. The Balaban J connectivity index is 1.14. The van der Waals surface area contributed by atoms with Crippen LogP contribution in [0.4, 0.5) is 10.5 Å². The molecule has 6 aliphatic rings. The number of hydrogen-bond acceptors (Lipinski definition) is 10. The zero-order valence-electron chi connectivity index (χ0n) is 38.1. The Morgan fingerprint density at radius 3 is 2.18 bits per heavy atom. The van der Waals surface area contributed by atoms with Crippen LogP contribution in [-0.4, -0.2) is 99.6 Å². The largest absolute Gasteiger partial charge is 0.446 e. The second-order valence-corrected chi connectivity index (χ2v) is 23.0. The highest BCUT2D eigenvalue weighted by atomic mass is 32.2. The number of piperidine rings is 1. The van der Waals surface area contributed by atoms with Crippen molar-refractivity contribution in [1.82, 2.24) is 19.8 Å². The monoisotopic (exact) mass is 878 g/mol. The molecule has 62 heavy (non-hydrogen) atoms. The zero-order valence-corrected chi connectivity index (χ0v) is 39.0. The maximum Gasteiger partial charge on any atom is 0.408 e. The molecular weight excluding hydrogens is 807 g/mol. The van der Waals surface area contributed by atoms with E-state index in [1.54, 1.807) is 36.2 Å². The standard InChI is InChI=1S/C48H71N5O8S/c1-9-32-27-46(32,42(57)51-62(59,60)39-19-14-13-18-35(39)49-7)29-38(55)36-28-48(45(5,6)47(48)22-15-23-47)30-53(36)41(56)34(44(2,3)4)26-37(54)40(31-16-11-10-12-17-31)50-43(58)61-33-20-24-52(8)25-21-33/h9,13-14,18-19,31-34,36,40,49H,1,10-12,15-17,20-30H2,2-8H3,(H,50,58)(H,51,57)/t32-,34-,36+,40+,46-,48-/m1/s1. The predicted octanol–water partition coefficient (Wildman–Crippen LogP) is 6.87. The summed E-state index contributed by atoms with van der Waals surface area (Å²) in [5.74, 6) is -2.80. The number of amides is 3. The van der Waals surface area contributed by atoms with Gasteiger partial charge in [-0.1, -0.05) is 78.5 Å². The SMILES string of the molecule is C=C[C@@H]1C[C@]1(CC(=O)[C@@H]1C[C@@]2(CN1C(=O)[C@@H](CC(=O)[C@@H](NC(=O)OC1CCN(C)CC1)C1CCCCC1)C(C)(C)C)C(C)(C)C21CCC1)C(=O)NS(=O)(=O)c1ccccc1NC. The van der Waals surface area contributed by atoms with Crippen molar-refractivity contribution < 1.29 is 37.1 Å². The number of ketones is 2. The van der Waals surface area contributed by atoms with Gasteiger partial charge in [0.2, 0.25) is 11.8 Å². The second-order valence-electron chi connectivity index (χ2n) is 21.4. The van der Waals surface area contributed by atoms with E-state index in [0.717, 1.165) is 77.3 Å². The molecule has 3 amide bonds. The van der Waals surface area contributed by atoms with Crippen molar-refractivity contribution in [3.8, 4) is 0 Å². The lowest BCUT2D eigenvalue weighted by atomic mass is 9.73. The van der Waals surface area contributed by atoms with Crippen LogP contribution in [-0.2, 0) is 33.9 Å². The lowest BCUT2D eigenvalue weighted by Gasteiger charge is -2.37. The van der Waals surface area contributed by atoms with E-state index in [9.17, 15) is 27.6 Å². The van der Waals surface area contributed by atoms with Crippen LogP contribution in [0.25, 0.3) is 0 Å². The molecule has 2 heterocycles. The Morgan fingerprint density at radius 2 is 1.61 bits per heavy atom. The van der Waals surface area contributed by atoms with Gasteiger partial charge in [-0.25, -0.2) is 17.9 Å². The van der Waals surface area contributed by atoms with Crippen molar-refractivity contribution in [2.24, 2.45) is 44.8 Å². The summed E-state index contributed by atoms with van der Waals surface area (Å²) < 4.78 is 35.4.